The van der Waals surface area contributed by atoms with Gasteiger partial charge in [0.05, 0.1) is 11.7 Å². The van der Waals surface area contributed by atoms with Gasteiger partial charge in [-0.3, -0.25) is 10.1 Å². The van der Waals surface area contributed by atoms with E-state index < -0.39 is 0 Å². The number of hydrogen-bond acceptors (Lipinski definition) is 3. The van der Waals surface area contributed by atoms with Crippen LogP contribution >= 0.6 is 0 Å². The largest absolute Gasteiger partial charge is 0.325 e. The van der Waals surface area contributed by atoms with E-state index in [1.807, 2.05) is 0 Å². The van der Waals surface area contributed by atoms with Gasteiger partial charge in [-0.1, -0.05) is 19.8 Å². The Kier molecular flexibility index (Phi) is 4.04. The monoisotopic (exact) mass is 279 g/mol. The fourth-order valence-electron chi connectivity index (χ4n) is 4.27. The van der Waals surface area contributed by atoms with Crippen LogP contribution in [0.15, 0.2) is 0 Å². The molecule has 3 fully saturated rings. The highest BCUT2D eigenvalue weighted by Gasteiger charge is 2.51. The van der Waals surface area contributed by atoms with E-state index in [2.05, 4.69) is 29.1 Å². The van der Waals surface area contributed by atoms with Gasteiger partial charge in [-0.25, -0.2) is 0 Å². The van der Waals surface area contributed by atoms with Gasteiger partial charge < -0.3 is 9.80 Å². The fourth-order valence-corrected chi connectivity index (χ4v) is 4.27. The zero-order valence-corrected chi connectivity index (χ0v) is 13.0. The molecule has 0 aromatic rings. The predicted molar refractivity (Wildman–Crippen MR) is 80.3 cm³/mol. The third-order valence-electron chi connectivity index (χ3n) is 5.63. The van der Waals surface area contributed by atoms with Gasteiger partial charge in [0.2, 0.25) is 5.91 Å². The van der Waals surface area contributed by atoms with Gasteiger partial charge in [0, 0.05) is 6.54 Å². The SMILES string of the molecule is CCC1NC2(CCCC2)C(=O)N1CC1CCN(C)CC1. The first-order valence-corrected chi connectivity index (χ1v) is 8.42. The summed E-state index contributed by atoms with van der Waals surface area (Å²) in [5.74, 6) is 1.10. The average molecular weight is 279 g/mol. The van der Waals surface area contributed by atoms with E-state index in [1.54, 1.807) is 0 Å². The van der Waals surface area contributed by atoms with Gasteiger partial charge in [0.15, 0.2) is 0 Å². The molecule has 0 bridgehead atoms. The number of carbonyl (C=O) groups excluding carboxylic acids is 1. The minimum atomic E-state index is -0.188. The lowest BCUT2D eigenvalue weighted by atomic mass is 9.95. The van der Waals surface area contributed by atoms with Crippen molar-refractivity contribution < 1.29 is 4.79 Å². The van der Waals surface area contributed by atoms with Gasteiger partial charge in [-0.2, -0.15) is 0 Å². The molecule has 2 heterocycles. The molecule has 1 atom stereocenters. The van der Waals surface area contributed by atoms with Crippen molar-refractivity contribution in [2.24, 2.45) is 5.92 Å². The second-order valence-electron chi connectivity index (χ2n) is 7.06. The van der Waals surface area contributed by atoms with E-state index in [-0.39, 0.29) is 11.7 Å². The van der Waals surface area contributed by atoms with E-state index in [9.17, 15) is 4.79 Å². The van der Waals surface area contributed by atoms with Crippen LogP contribution in [0.4, 0.5) is 0 Å². The topological polar surface area (TPSA) is 35.6 Å². The lowest BCUT2D eigenvalue weighted by Gasteiger charge is -2.33. The van der Waals surface area contributed by atoms with Crippen molar-refractivity contribution in [1.29, 1.82) is 0 Å². The molecule has 1 spiro atoms. The molecule has 0 aromatic heterocycles. The predicted octanol–water partition coefficient (Wildman–Crippen LogP) is 1.81. The molecule has 20 heavy (non-hydrogen) atoms. The molecule has 1 saturated carbocycles. The Morgan fingerprint density at radius 2 is 1.90 bits per heavy atom. The number of carbonyl (C=O) groups is 1. The first-order chi connectivity index (χ1) is 9.64. The minimum absolute atomic E-state index is 0.188. The summed E-state index contributed by atoms with van der Waals surface area (Å²) in [6.07, 6.45) is 8.29. The summed E-state index contributed by atoms with van der Waals surface area (Å²) >= 11 is 0. The summed E-state index contributed by atoms with van der Waals surface area (Å²) in [6.45, 7) is 5.53. The Bertz CT molecular complexity index is 357. The second-order valence-corrected chi connectivity index (χ2v) is 7.06. The Labute approximate surface area is 122 Å². The van der Waals surface area contributed by atoms with E-state index in [1.165, 1.54) is 38.8 Å². The number of piperidine rings is 1. The van der Waals surface area contributed by atoms with E-state index in [4.69, 9.17) is 0 Å². The summed E-state index contributed by atoms with van der Waals surface area (Å²) in [5, 5.41) is 3.68. The summed E-state index contributed by atoms with van der Waals surface area (Å²) < 4.78 is 0. The number of likely N-dealkylation sites (tertiary alicyclic amines) is 1. The summed E-state index contributed by atoms with van der Waals surface area (Å²) in [6, 6.07) is 0. The fraction of sp³-hybridized carbons (Fsp3) is 0.938. The summed E-state index contributed by atoms with van der Waals surface area (Å²) in [7, 11) is 2.20. The van der Waals surface area contributed by atoms with Gasteiger partial charge in [-0.15, -0.1) is 0 Å². The Morgan fingerprint density at radius 1 is 1.25 bits per heavy atom. The van der Waals surface area contributed by atoms with Crippen LogP contribution in [0.3, 0.4) is 0 Å². The van der Waals surface area contributed by atoms with Crippen LogP contribution in [0, 0.1) is 5.92 Å². The molecule has 0 radical (unpaired) electrons. The lowest BCUT2D eigenvalue weighted by Crippen LogP contribution is -2.45. The van der Waals surface area contributed by atoms with Crippen LogP contribution in [0.1, 0.15) is 51.9 Å². The van der Waals surface area contributed by atoms with E-state index >= 15 is 0 Å². The van der Waals surface area contributed by atoms with Crippen LogP contribution in [0.25, 0.3) is 0 Å². The number of nitrogens with zero attached hydrogens (tertiary/aromatic N) is 2. The molecule has 114 valence electrons. The van der Waals surface area contributed by atoms with Gasteiger partial charge >= 0.3 is 0 Å². The maximum absolute atomic E-state index is 12.9. The molecule has 2 saturated heterocycles. The zero-order valence-electron chi connectivity index (χ0n) is 13.0. The normalized spacial score (nSPS) is 31.6. The van der Waals surface area contributed by atoms with Crippen LogP contribution in [0.2, 0.25) is 0 Å². The third kappa shape index (κ3) is 2.48. The van der Waals surface area contributed by atoms with Gasteiger partial charge in [-0.05, 0) is 58.2 Å². The van der Waals surface area contributed by atoms with Gasteiger partial charge in [0.1, 0.15) is 0 Å². The maximum atomic E-state index is 12.9. The molecule has 1 amide bonds. The van der Waals surface area contributed by atoms with Crippen molar-refractivity contribution in [3.63, 3.8) is 0 Å². The van der Waals surface area contributed by atoms with Crippen LogP contribution < -0.4 is 5.32 Å². The first kappa shape index (κ1) is 14.3. The van der Waals surface area contributed by atoms with Crippen molar-refractivity contribution in [1.82, 2.24) is 15.1 Å². The standard InChI is InChI=1S/C16H29N3O/c1-3-14-17-16(8-4-5-9-16)15(20)19(14)12-13-6-10-18(2)11-7-13/h13-14,17H,3-12H2,1-2H3. The van der Waals surface area contributed by atoms with Crippen molar-refractivity contribution in [2.45, 2.75) is 63.6 Å². The van der Waals surface area contributed by atoms with Crippen molar-refractivity contribution in [3.05, 3.63) is 0 Å². The molecule has 1 aliphatic carbocycles. The molecule has 2 aliphatic heterocycles. The van der Waals surface area contributed by atoms with Crippen LogP contribution in [-0.2, 0) is 4.79 Å². The van der Waals surface area contributed by atoms with Crippen LogP contribution in [0.5, 0.6) is 0 Å². The smallest absolute Gasteiger partial charge is 0.244 e. The quantitative estimate of drug-likeness (QED) is 0.856. The number of amides is 1. The molecule has 1 N–H and O–H groups in total. The van der Waals surface area contributed by atoms with E-state index in [0.29, 0.717) is 11.8 Å². The average Bonchev–Trinajstić information content (AvgIpc) is 3.02. The molecule has 4 nitrogen and oxygen atoms in total. The highest BCUT2D eigenvalue weighted by atomic mass is 16.2. The number of hydrogen-bond donors (Lipinski definition) is 1. The summed E-state index contributed by atoms with van der Waals surface area (Å²) in [5.41, 5.74) is -0.188. The Hall–Kier alpha value is -0.610. The molecular formula is C16H29N3O. The Balaban J connectivity index is 1.66. The molecule has 0 aromatic carbocycles. The zero-order chi connectivity index (χ0) is 14.2. The van der Waals surface area contributed by atoms with Crippen molar-refractivity contribution in [2.75, 3.05) is 26.7 Å². The highest BCUT2D eigenvalue weighted by molar-refractivity contribution is 5.89. The van der Waals surface area contributed by atoms with Crippen molar-refractivity contribution >= 4 is 5.91 Å². The molecule has 1 unspecified atom stereocenters. The summed E-state index contributed by atoms with van der Waals surface area (Å²) in [4.78, 5) is 17.5. The molecular weight excluding hydrogens is 250 g/mol. The second kappa shape index (κ2) is 5.64. The minimum Gasteiger partial charge on any atom is -0.325 e. The third-order valence-corrected chi connectivity index (χ3v) is 5.63. The molecule has 3 aliphatic rings. The maximum Gasteiger partial charge on any atom is 0.244 e. The van der Waals surface area contributed by atoms with Gasteiger partial charge in [0.25, 0.3) is 0 Å². The van der Waals surface area contributed by atoms with Crippen LogP contribution in [-0.4, -0.2) is 54.1 Å². The number of nitrogens with one attached hydrogen (secondary N) is 1. The number of rotatable bonds is 3. The molecule has 4 heteroatoms. The van der Waals surface area contributed by atoms with Crippen molar-refractivity contribution in [3.8, 4) is 0 Å². The lowest BCUT2D eigenvalue weighted by molar-refractivity contribution is -0.134. The molecule has 3 rings (SSSR count). The highest BCUT2D eigenvalue weighted by Crippen LogP contribution is 2.37. The first-order valence-electron chi connectivity index (χ1n) is 8.42. The van der Waals surface area contributed by atoms with E-state index in [0.717, 1.165) is 25.8 Å². The Morgan fingerprint density at radius 3 is 2.50 bits per heavy atom.